The highest BCUT2D eigenvalue weighted by atomic mass is 35.5. The molecule has 106 valence electrons. The van der Waals surface area contributed by atoms with Crippen LogP contribution in [0.5, 0.6) is 0 Å². The molecule has 0 radical (unpaired) electrons. The zero-order valence-corrected chi connectivity index (χ0v) is 12.2. The molecule has 1 unspecified atom stereocenters. The summed E-state index contributed by atoms with van der Waals surface area (Å²) >= 11 is 5.93. The summed E-state index contributed by atoms with van der Waals surface area (Å²) in [6.45, 7) is 0.299. The van der Waals surface area contributed by atoms with Crippen molar-refractivity contribution in [2.75, 3.05) is 13.6 Å². The van der Waals surface area contributed by atoms with E-state index in [0.29, 0.717) is 19.4 Å². The maximum Gasteiger partial charge on any atom is 0.264 e. The number of amides is 1. The summed E-state index contributed by atoms with van der Waals surface area (Å²) in [7, 11) is -0.753. The predicted molar refractivity (Wildman–Crippen MR) is 69.2 cm³/mol. The van der Waals surface area contributed by atoms with Gasteiger partial charge >= 0.3 is 0 Å². The number of carbonyl (C=O) groups excluding carboxylic acids is 1. The molecule has 1 aliphatic heterocycles. The number of likely N-dealkylation sites (N-methyl/N-ethyl adjacent to an activating group) is 1. The van der Waals surface area contributed by atoms with Gasteiger partial charge in [-0.05, 0) is 12.8 Å². The average Bonchev–Trinajstić information content (AvgIpc) is 2.97. The monoisotopic (exact) mass is 306 g/mol. The second kappa shape index (κ2) is 5.10. The van der Waals surface area contributed by atoms with Gasteiger partial charge in [-0.25, -0.2) is 13.4 Å². The van der Waals surface area contributed by atoms with E-state index in [0.717, 1.165) is 0 Å². The molecule has 1 atom stereocenters. The van der Waals surface area contributed by atoms with Gasteiger partial charge in [-0.15, -0.1) is 0 Å². The van der Waals surface area contributed by atoms with Crippen LogP contribution >= 0.6 is 11.6 Å². The van der Waals surface area contributed by atoms with Crippen molar-refractivity contribution in [3.63, 3.8) is 0 Å². The van der Waals surface area contributed by atoms with Crippen LogP contribution in [0.3, 0.4) is 0 Å². The van der Waals surface area contributed by atoms with Gasteiger partial charge < -0.3 is 9.88 Å². The number of aryl methyl sites for hydroxylation is 1. The number of nitrogens with one attached hydrogen (secondary N) is 1. The quantitative estimate of drug-likeness (QED) is 0.850. The van der Waals surface area contributed by atoms with E-state index in [-0.39, 0.29) is 16.1 Å². The molecule has 0 aromatic carbocycles. The lowest BCUT2D eigenvalue weighted by molar-refractivity contribution is -0.123. The molecule has 1 aliphatic rings. The van der Waals surface area contributed by atoms with Crippen molar-refractivity contribution in [3.8, 4) is 0 Å². The van der Waals surface area contributed by atoms with Crippen LogP contribution in [-0.4, -0.2) is 47.8 Å². The fourth-order valence-electron chi connectivity index (χ4n) is 2.13. The number of halogens is 1. The van der Waals surface area contributed by atoms with E-state index in [2.05, 4.69) is 10.3 Å². The normalized spacial score (nSPS) is 20.7. The first kappa shape index (κ1) is 14.3. The molecular formula is C10H15ClN4O3S. The Kier molecular flexibility index (Phi) is 3.84. The van der Waals surface area contributed by atoms with Crippen LogP contribution in [-0.2, 0) is 21.9 Å². The Bertz CT molecular complexity index is 598. The van der Waals surface area contributed by atoms with Crippen molar-refractivity contribution in [1.82, 2.24) is 19.2 Å². The van der Waals surface area contributed by atoms with Crippen LogP contribution in [0.4, 0.5) is 0 Å². The average molecular weight is 307 g/mol. The highest BCUT2D eigenvalue weighted by Crippen LogP contribution is 2.28. The standard InChI is InChI=1S/C10H15ClN4O3S/c1-12-9(16)7-4-3-5-15(7)19(17,18)10-8(11)14(2)6-13-10/h6-7H,3-5H2,1-2H3,(H,12,16). The van der Waals surface area contributed by atoms with E-state index in [1.54, 1.807) is 7.05 Å². The van der Waals surface area contributed by atoms with Gasteiger partial charge in [0.05, 0.1) is 6.33 Å². The molecule has 1 aromatic heterocycles. The number of sulfonamides is 1. The van der Waals surface area contributed by atoms with E-state index in [1.165, 1.54) is 22.2 Å². The van der Waals surface area contributed by atoms with Crippen LogP contribution < -0.4 is 5.32 Å². The Morgan fingerprint density at radius 1 is 1.58 bits per heavy atom. The molecule has 1 N–H and O–H groups in total. The Morgan fingerprint density at radius 3 is 2.79 bits per heavy atom. The number of aromatic nitrogens is 2. The van der Waals surface area contributed by atoms with Crippen molar-refractivity contribution in [1.29, 1.82) is 0 Å². The smallest absolute Gasteiger partial charge is 0.264 e. The predicted octanol–water partition coefficient (Wildman–Crippen LogP) is -0.0274. The zero-order chi connectivity index (χ0) is 14.2. The van der Waals surface area contributed by atoms with E-state index in [9.17, 15) is 13.2 Å². The Labute approximate surface area is 116 Å². The summed E-state index contributed by atoms with van der Waals surface area (Å²) in [6, 6.07) is -0.687. The molecule has 2 rings (SSSR count). The van der Waals surface area contributed by atoms with Crippen molar-refractivity contribution < 1.29 is 13.2 Å². The minimum atomic E-state index is -3.84. The van der Waals surface area contributed by atoms with Gasteiger partial charge in [-0.2, -0.15) is 4.31 Å². The van der Waals surface area contributed by atoms with Gasteiger partial charge in [0, 0.05) is 20.6 Å². The molecule has 0 spiro atoms. The van der Waals surface area contributed by atoms with E-state index < -0.39 is 16.1 Å². The zero-order valence-electron chi connectivity index (χ0n) is 10.6. The number of rotatable bonds is 3. The second-order valence-corrected chi connectivity index (χ2v) is 6.50. The van der Waals surface area contributed by atoms with Gasteiger partial charge in [0.25, 0.3) is 10.0 Å². The van der Waals surface area contributed by atoms with Gasteiger partial charge in [0.15, 0.2) is 0 Å². The number of nitrogens with zero attached hydrogens (tertiary/aromatic N) is 3. The SMILES string of the molecule is CNC(=O)C1CCCN1S(=O)(=O)c1ncn(C)c1Cl. The third kappa shape index (κ3) is 2.35. The number of hydrogen-bond acceptors (Lipinski definition) is 4. The third-order valence-electron chi connectivity index (χ3n) is 3.14. The van der Waals surface area contributed by atoms with Gasteiger partial charge in [-0.3, -0.25) is 4.79 Å². The van der Waals surface area contributed by atoms with Gasteiger partial charge in [0.2, 0.25) is 10.9 Å². The minimum absolute atomic E-state index is 0.0440. The Morgan fingerprint density at radius 2 is 2.26 bits per heavy atom. The fourth-order valence-corrected chi connectivity index (χ4v) is 4.18. The fraction of sp³-hybridized carbons (Fsp3) is 0.600. The van der Waals surface area contributed by atoms with Gasteiger partial charge in [-0.1, -0.05) is 11.6 Å². The molecule has 1 saturated heterocycles. The minimum Gasteiger partial charge on any atom is -0.358 e. The topological polar surface area (TPSA) is 84.3 Å². The highest BCUT2D eigenvalue weighted by molar-refractivity contribution is 7.89. The molecule has 1 aromatic rings. The molecule has 0 aliphatic carbocycles. The number of imidazole rings is 1. The summed E-state index contributed by atoms with van der Waals surface area (Å²) in [4.78, 5) is 15.5. The summed E-state index contributed by atoms with van der Waals surface area (Å²) in [5.41, 5.74) is 0. The van der Waals surface area contributed by atoms with Crippen LogP contribution in [0.15, 0.2) is 11.4 Å². The Balaban J connectivity index is 2.39. The molecular weight excluding hydrogens is 292 g/mol. The first-order valence-electron chi connectivity index (χ1n) is 5.80. The van der Waals surface area contributed by atoms with Crippen molar-refractivity contribution >= 4 is 27.5 Å². The number of carbonyl (C=O) groups is 1. The lowest BCUT2D eigenvalue weighted by Crippen LogP contribution is -2.44. The van der Waals surface area contributed by atoms with Crippen molar-refractivity contribution in [2.45, 2.75) is 23.9 Å². The summed E-state index contributed by atoms with van der Waals surface area (Å²) in [5, 5.41) is 2.32. The van der Waals surface area contributed by atoms with Crippen LogP contribution in [0.25, 0.3) is 0 Å². The summed E-state index contributed by atoms with van der Waals surface area (Å²) in [5.74, 6) is -0.312. The lowest BCUT2D eigenvalue weighted by atomic mass is 10.2. The molecule has 0 bridgehead atoms. The van der Waals surface area contributed by atoms with Gasteiger partial charge in [0.1, 0.15) is 11.2 Å². The van der Waals surface area contributed by atoms with Crippen molar-refractivity contribution in [3.05, 3.63) is 11.5 Å². The molecule has 9 heteroatoms. The molecule has 1 amide bonds. The molecule has 7 nitrogen and oxygen atoms in total. The summed E-state index contributed by atoms with van der Waals surface area (Å²) in [6.07, 6.45) is 2.48. The van der Waals surface area contributed by atoms with Crippen molar-refractivity contribution in [2.24, 2.45) is 7.05 Å². The molecule has 1 fully saturated rings. The first-order chi connectivity index (χ1) is 8.89. The lowest BCUT2D eigenvalue weighted by Gasteiger charge is -2.21. The molecule has 2 heterocycles. The van der Waals surface area contributed by atoms with E-state index >= 15 is 0 Å². The first-order valence-corrected chi connectivity index (χ1v) is 7.61. The van der Waals surface area contributed by atoms with E-state index in [1.807, 2.05) is 0 Å². The second-order valence-electron chi connectivity index (χ2n) is 4.34. The summed E-state index contributed by atoms with van der Waals surface area (Å²) < 4.78 is 27.6. The molecule has 19 heavy (non-hydrogen) atoms. The molecule has 0 saturated carbocycles. The van der Waals surface area contributed by atoms with Crippen LogP contribution in [0.2, 0.25) is 5.15 Å². The maximum atomic E-state index is 12.5. The van der Waals surface area contributed by atoms with E-state index in [4.69, 9.17) is 11.6 Å². The number of hydrogen-bond donors (Lipinski definition) is 1. The highest BCUT2D eigenvalue weighted by Gasteiger charge is 2.41. The largest absolute Gasteiger partial charge is 0.358 e. The van der Waals surface area contributed by atoms with Crippen LogP contribution in [0.1, 0.15) is 12.8 Å². The third-order valence-corrected chi connectivity index (χ3v) is 5.54. The van der Waals surface area contributed by atoms with Crippen LogP contribution in [0, 0.1) is 0 Å². The maximum absolute atomic E-state index is 12.5. The Hall–Kier alpha value is -1.12.